The summed E-state index contributed by atoms with van der Waals surface area (Å²) in [5.41, 5.74) is 5.57. The molecule has 1 aromatic carbocycles. The van der Waals surface area contributed by atoms with Gasteiger partial charge in [-0.3, -0.25) is 9.59 Å². The third-order valence-corrected chi connectivity index (χ3v) is 2.51. The molecule has 1 atom stereocenters. The fourth-order valence-corrected chi connectivity index (χ4v) is 1.49. The first kappa shape index (κ1) is 14.0. The minimum Gasteiger partial charge on any atom is -0.508 e. The van der Waals surface area contributed by atoms with E-state index in [9.17, 15) is 14.7 Å². The van der Waals surface area contributed by atoms with Crippen LogP contribution in [-0.2, 0) is 16.1 Å². The van der Waals surface area contributed by atoms with Crippen LogP contribution < -0.4 is 11.1 Å². The van der Waals surface area contributed by atoms with Crippen molar-refractivity contribution >= 4 is 11.9 Å². The first-order chi connectivity index (χ1) is 8.50. The van der Waals surface area contributed by atoms with E-state index in [1.807, 2.05) is 0 Å². The van der Waals surface area contributed by atoms with Crippen LogP contribution in [0.5, 0.6) is 5.75 Å². The number of phenolic OH excluding ortho intramolecular Hbond substituents is 1. The van der Waals surface area contributed by atoms with Crippen molar-refractivity contribution in [1.29, 1.82) is 0 Å². The van der Waals surface area contributed by atoms with E-state index in [0.717, 1.165) is 0 Å². The first-order valence-corrected chi connectivity index (χ1v) is 5.52. The van der Waals surface area contributed by atoms with Gasteiger partial charge in [-0.15, -0.1) is 0 Å². The van der Waals surface area contributed by atoms with Gasteiger partial charge in [0.1, 0.15) is 11.8 Å². The third kappa shape index (κ3) is 4.42. The molecule has 1 aromatic rings. The number of phenols is 1. The van der Waals surface area contributed by atoms with Crippen molar-refractivity contribution in [2.75, 3.05) is 0 Å². The van der Waals surface area contributed by atoms with Crippen molar-refractivity contribution < 1.29 is 19.8 Å². The van der Waals surface area contributed by atoms with Gasteiger partial charge >= 0.3 is 5.97 Å². The zero-order valence-corrected chi connectivity index (χ0v) is 9.80. The summed E-state index contributed by atoms with van der Waals surface area (Å²) in [6.45, 7) is 0.211. The number of nitrogens with two attached hydrogens (primary N) is 1. The standard InChI is InChI=1S/C12H16N2O4/c13-11(16)6-5-9(12(17)18)14-7-8-3-1-2-4-10(8)15/h1-4,9,14-15H,5-7H2,(H2,13,16)(H,17,18)/t9-/m0/s1. The molecule has 6 heteroatoms. The summed E-state index contributed by atoms with van der Waals surface area (Å²) in [4.78, 5) is 21.6. The molecular formula is C12H16N2O4. The molecule has 0 radical (unpaired) electrons. The quantitative estimate of drug-likeness (QED) is 0.553. The molecule has 0 aliphatic carbocycles. The lowest BCUT2D eigenvalue weighted by molar-refractivity contribution is -0.139. The third-order valence-electron chi connectivity index (χ3n) is 2.51. The predicted octanol–water partition coefficient (Wildman–Crippen LogP) is 0.200. The van der Waals surface area contributed by atoms with E-state index in [0.29, 0.717) is 5.56 Å². The number of aromatic hydroxyl groups is 1. The number of rotatable bonds is 7. The highest BCUT2D eigenvalue weighted by Gasteiger charge is 2.17. The topological polar surface area (TPSA) is 113 Å². The second-order valence-electron chi connectivity index (χ2n) is 3.91. The van der Waals surface area contributed by atoms with Crippen LogP contribution in [0.1, 0.15) is 18.4 Å². The molecule has 1 rings (SSSR count). The Hall–Kier alpha value is -2.08. The summed E-state index contributed by atoms with van der Waals surface area (Å²) < 4.78 is 0. The number of carbonyl (C=O) groups excluding carboxylic acids is 1. The first-order valence-electron chi connectivity index (χ1n) is 5.52. The maximum atomic E-state index is 10.9. The van der Waals surface area contributed by atoms with Crippen molar-refractivity contribution in [2.45, 2.75) is 25.4 Å². The molecule has 0 bridgehead atoms. The van der Waals surface area contributed by atoms with E-state index < -0.39 is 17.9 Å². The summed E-state index contributed by atoms with van der Waals surface area (Å²) in [6, 6.07) is 5.78. The maximum absolute atomic E-state index is 10.9. The summed E-state index contributed by atoms with van der Waals surface area (Å²) >= 11 is 0. The number of amides is 1. The molecule has 0 saturated heterocycles. The monoisotopic (exact) mass is 252 g/mol. The highest BCUT2D eigenvalue weighted by molar-refractivity contribution is 5.77. The van der Waals surface area contributed by atoms with Gasteiger partial charge in [0.2, 0.25) is 5.91 Å². The van der Waals surface area contributed by atoms with E-state index >= 15 is 0 Å². The smallest absolute Gasteiger partial charge is 0.320 e. The second-order valence-corrected chi connectivity index (χ2v) is 3.91. The average molecular weight is 252 g/mol. The number of hydrogen-bond acceptors (Lipinski definition) is 4. The summed E-state index contributed by atoms with van der Waals surface area (Å²) in [6.07, 6.45) is 0.128. The van der Waals surface area contributed by atoms with Crippen molar-refractivity contribution in [1.82, 2.24) is 5.32 Å². The lowest BCUT2D eigenvalue weighted by Gasteiger charge is -2.14. The summed E-state index contributed by atoms with van der Waals surface area (Å²) in [5, 5.41) is 21.2. The Labute approximate surface area is 104 Å². The fraction of sp³-hybridized carbons (Fsp3) is 0.333. The average Bonchev–Trinajstić information content (AvgIpc) is 2.30. The largest absolute Gasteiger partial charge is 0.508 e. The minimum absolute atomic E-state index is 0.00470. The van der Waals surface area contributed by atoms with Crippen molar-refractivity contribution in [2.24, 2.45) is 5.73 Å². The van der Waals surface area contributed by atoms with E-state index in [4.69, 9.17) is 10.8 Å². The zero-order chi connectivity index (χ0) is 13.5. The highest BCUT2D eigenvalue weighted by atomic mass is 16.4. The second kappa shape index (κ2) is 6.61. The molecule has 18 heavy (non-hydrogen) atoms. The molecule has 0 unspecified atom stereocenters. The minimum atomic E-state index is -1.05. The van der Waals surface area contributed by atoms with Gasteiger partial charge in [0.15, 0.2) is 0 Å². The van der Waals surface area contributed by atoms with E-state index in [1.165, 1.54) is 6.07 Å². The SMILES string of the molecule is NC(=O)CC[C@H](NCc1ccccc1O)C(=O)O. The van der Waals surface area contributed by atoms with Crippen molar-refractivity contribution in [3.8, 4) is 5.75 Å². The van der Waals surface area contributed by atoms with Gasteiger partial charge in [0.05, 0.1) is 0 Å². The molecule has 0 fully saturated rings. The maximum Gasteiger partial charge on any atom is 0.320 e. The zero-order valence-electron chi connectivity index (χ0n) is 9.80. The normalized spacial score (nSPS) is 12.0. The number of nitrogens with one attached hydrogen (secondary N) is 1. The van der Waals surface area contributed by atoms with Crippen LogP contribution in [0.2, 0.25) is 0 Å². The Morgan fingerprint density at radius 2 is 2.00 bits per heavy atom. The molecule has 6 nitrogen and oxygen atoms in total. The molecule has 0 aromatic heterocycles. The van der Waals surface area contributed by atoms with Gasteiger partial charge in [-0.05, 0) is 12.5 Å². The number of benzene rings is 1. The summed E-state index contributed by atoms with van der Waals surface area (Å²) in [7, 11) is 0. The van der Waals surface area contributed by atoms with Gasteiger partial charge < -0.3 is 21.3 Å². The Morgan fingerprint density at radius 1 is 1.33 bits per heavy atom. The van der Waals surface area contributed by atoms with E-state index in [1.54, 1.807) is 18.2 Å². The Morgan fingerprint density at radius 3 is 2.56 bits per heavy atom. The molecule has 0 saturated carbocycles. The van der Waals surface area contributed by atoms with Gasteiger partial charge in [-0.2, -0.15) is 0 Å². The lowest BCUT2D eigenvalue weighted by atomic mass is 10.1. The van der Waals surface area contributed by atoms with Gasteiger partial charge in [-0.1, -0.05) is 18.2 Å². The number of hydrogen-bond donors (Lipinski definition) is 4. The molecule has 0 spiro atoms. The Balaban J connectivity index is 2.55. The van der Waals surface area contributed by atoms with Crippen LogP contribution in [0.25, 0.3) is 0 Å². The molecular weight excluding hydrogens is 236 g/mol. The number of carbonyl (C=O) groups is 2. The molecule has 0 heterocycles. The molecule has 0 aliphatic heterocycles. The van der Waals surface area contributed by atoms with Gasteiger partial charge in [-0.25, -0.2) is 0 Å². The fourth-order valence-electron chi connectivity index (χ4n) is 1.49. The molecule has 0 aliphatic rings. The van der Waals surface area contributed by atoms with Crippen LogP contribution in [0.4, 0.5) is 0 Å². The van der Waals surface area contributed by atoms with Crippen LogP contribution in [-0.4, -0.2) is 28.1 Å². The van der Waals surface area contributed by atoms with Crippen LogP contribution in [0, 0.1) is 0 Å². The molecule has 1 amide bonds. The molecule has 5 N–H and O–H groups in total. The Bertz CT molecular complexity index is 434. The van der Waals surface area contributed by atoms with Gasteiger partial charge in [0, 0.05) is 18.5 Å². The van der Waals surface area contributed by atoms with E-state index in [-0.39, 0.29) is 25.1 Å². The van der Waals surface area contributed by atoms with Crippen LogP contribution in [0.3, 0.4) is 0 Å². The summed E-state index contributed by atoms with van der Waals surface area (Å²) in [5.74, 6) is -1.48. The van der Waals surface area contributed by atoms with Crippen molar-refractivity contribution in [3.63, 3.8) is 0 Å². The van der Waals surface area contributed by atoms with Gasteiger partial charge in [0.25, 0.3) is 0 Å². The van der Waals surface area contributed by atoms with Crippen LogP contribution in [0.15, 0.2) is 24.3 Å². The number of aliphatic carboxylic acids is 1. The number of primary amides is 1. The van der Waals surface area contributed by atoms with Crippen LogP contribution >= 0.6 is 0 Å². The molecule has 98 valence electrons. The van der Waals surface area contributed by atoms with Crippen molar-refractivity contribution in [3.05, 3.63) is 29.8 Å². The highest BCUT2D eigenvalue weighted by Crippen LogP contribution is 2.15. The number of carboxylic acids is 1. The lowest BCUT2D eigenvalue weighted by Crippen LogP contribution is -2.37. The number of carboxylic acid groups (broad SMARTS) is 1. The number of para-hydroxylation sites is 1. The van der Waals surface area contributed by atoms with E-state index in [2.05, 4.69) is 5.32 Å². The predicted molar refractivity (Wildman–Crippen MR) is 64.8 cm³/mol. The Kier molecular flexibility index (Phi) is 5.13.